The van der Waals surface area contributed by atoms with Gasteiger partial charge in [-0.1, -0.05) is 11.6 Å². The van der Waals surface area contributed by atoms with Gasteiger partial charge in [0.05, 0.1) is 11.7 Å². The predicted molar refractivity (Wildman–Crippen MR) is 51.8 cm³/mol. The molecule has 1 aromatic carbocycles. The number of alkyl halides is 3. The molecule has 0 heterocycles. The van der Waals surface area contributed by atoms with Crippen molar-refractivity contribution < 1.29 is 18.3 Å². The molecular formula is C10H10ClF3O. The highest BCUT2D eigenvalue weighted by atomic mass is 35.5. The first-order valence-corrected chi connectivity index (χ1v) is 4.71. The highest BCUT2D eigenvalue weighted by molar-refractivity contribution is 6.30. The smallest absolute Gasteiger partial charge is 0.393 e. The topological polar surface area (TPSA) is 20.2 Å². The first-order chi connectivity index (χ1) is 6.79. The molecule has 5 heteroatoms. The number of hydrogen-bond donors (Lipinski definition) is 1. The van der Waals surface area contributed by atoms with Gasteiger partial charge in [-0.15, -0.1) is 0 Å². The van der Waals surface area contributed by atoms with Crippen LogP contribution in [0.5, 0.6) is 0 Å². The number of halogens is 4. The van der Waals surface area contributed by atoms with Gasteiger partial charge in [-0.2, -0.15) is 13.2 Å². The monoisotopic (exact) mass is 238 g/mol. The quantitative estimate of drug-likeness (QED) is 0.838. The van der Waals surface area contributed by atoms with Gasteiger partial charge in [0.1, 0.15) is 0 Å². The van der Waals surface area contributed by atoms with Crippen molar-refractivity contribution in [3.8, 4) is 0 Å². The van der Waals surface area contributed by atoms with Crippen molar-refractivity contribution in [2.24, 2.45) is 0 Å². The lowest BCUT2D eigenvalue weighted by molar-refractivity contribution is -0.137. The molecule has 15 heavy (non-hydrogen) atoms. The zero-order chi connectivity index (χ0) is 11.6. The summed E-state index contributed by atoms with van der Waals surface area (Å²) in [5.74, 6) is 0. The largest absolute Gasteiger partial charge is 0.416 e. The molecule has 0 saturated carbocycles. The molecule has 1 rings (SSSR count). The molecule has 0 aromatic heterocycles. The molecule has 1 N–H and O–H groups in total. The van der Waals surface area contributed by atoms with Crippen LogP contribution in [0.4, 0.5) is 13.2 Å². The molecule has 0 aliphatic rings. The Morgan fingerprint density at radius 3 is 2.40 bits per heavy atom. The third-order valence-electron chi connectivity index (χ3n) is 1.82. The maximum atomic E-state index is 12.4. The Labute approximate surface area is 90.5 Å². The van der Waals surface area contributed by atoms with E-state index in [2.05, 4.69) is 0 Å². The molecule has 0 aliphatic carbocycles. The Bertz CT molecular complexity index is 347. The van der Waals surface area contributed by atoms with E-state index in [-0.39, 0.29) is 11.4 Å². The summed E-state index contributed by atoms with van der Waals surface area (Å²) in [5, 5.41) is 9.09. The summed E-state index contributed by atoms with van der Waals surface area (Å²) in [6.07, 6.45) is -4.94. The van der Waals surface area contributed by atoms with Crippen LogP contribution in [-0.2, 0) is 12.6 Å². The van der Waals surface area contributed by atoms with Crippen molar-refractivity contribution in [2.45, 2.75) is 25.6 Å². The van der Waals surface area contributed by atoms with Crippen LogP contribution in [0.3, 0.4) is 0 Å². The van der Waals surface area contributed by atoms with Crippen molar-refractivity contribution in [3.63, 3.8) is 0 Å². The normalized spacial score (nSPS) is 14.0. The van der Waals surface area contributed by atoms with Crippen LogP contribution >= 0.6 is 11.6 Å². The Hall–Kier alpha value is -0.740. The van der Waals surface area contributed by atoms with Gasteiger partial charge < -0.3 is 5.11 Å². The maximum absolute atomic E-state index is 12.4. The number of aliphatic hydroxyl groups is 1. The number of aliphatic hydroxyl groups excluding tert-OH is 1. The number of hydrogen-bond acceptors (Lipinski definition) is 1. The molecule has 0 aliphatic heterocycles. The van der Waals surface area contributed by atoms with Gasteiger partial charge in [0.2, 0.25) is 0 Å². The van der Waals surface area contributed by atoms with Crippen LogP contribution in [-0.4, -0.2) is 11.2 Å². The summed E-state index contributed by atoms with van der Waals surface area (Å²) in [5.41, 5.74) is -0.407. The lowest BCUT2D eigenvalue weighted by Crippen LogP contribution is -2.08. The molecule has 1 aromatic rings. The van der Waals surface area contributed by atoms with Crippen molar-refractivity contribution in [2.75, 3.05) is 0 Å². The zero-order valence-corrected chi connectivity index (χ0v) is 8.73. The molecule has 0 spiro atoms. The molecule has 0 bridgehead atoms. The predicted octanol–water partition coefficient (Wildman–Crippen LogP) is 3.28. The van der Waals surface area contributed by atoms with Crippen molar-refractivity contribution in [1.82, 2.24) is 0 Å². The van der Waals surface area contributed by atoms with E-state index < -0.39 is 17.8 Å². The fraction of sp³-hybridized carbons (Fsp3) is 0.400. The second-order valence-electron chi connectivity index (χ2n) is 3.40. The van der Waals surface area contributed by atoms with Crippen molar-refractivity contribution in [3.05, 3.63) is 34.3 Å². The lowest BCUT2D eigenvalue weighted by atomic mass is 10.1. The van der Waals surface area contributed by atoms with E-state index in [4.69, 9.17) is 16.7 Å². The second-order valence-corrected chi connectivity index (χ2v) is 3.84. The fourth-order valence-corrected chi connectivity index (χ4v) is 1.53. The first-order valence-electron chi connectivity index (χ1n) is 4.34. The molecule has 1 nitrogen and oxygen atoms in total. The minimum absolute atomic E-state index is 0.0282. The van der Waals surface area contributed by atoms with E-state index >= 15 is 0 Å². The summed E-state index contributed by atoms with van der Waals surface area (Å²) in [4.78, 5) is 0. The van der Waals surface area contributed by atoms with Crippen LogP contribution in [0.25, 0.3) is 0 Å². The van der Waals surface area contributed by atoms with Crippen LogP contribution in [0.1, 0.15) is 18.1 Å². The molecule has 84 valence electrons. The minimum atomic E-state index is -4.40. The second kappa shape index (κ2) is 4.41. The summed E-state index contributed by atoms with van der Waals surface area (Å²) in [6.45, 7) is 1.51. The van der Waals surface area contributed by atoms with E-state index in [0.717, 1.165) is 12.1 Å². The summed E-state index contributed by atoms with van der Waals surface area (Å²) in [6, 6.07) is 3.29. The highest BCUT2D eigenvalue weighted by Crippen LogP contribution is 2.32. The Balaban J connectivity index is 3.06. The molecule has 0 saturated heterocycles. The van der Waals surface area contributed by atoms with E-state index in [1.807, 2.05) is 0 Å². The van der Waals surface area contributed by atoms with Gasteiger partial charge in [-0.05, 0) is 37.1 Å². The lowest BCUT2D eigenvalue weighted by Gasteiger charge is -2.10. The standard InChI is InChI=1S/C10H10ClF3O/c1-6(15)2-7-3-8(10(12,13)14)5-9(11)4-7/h3-6,15H,2H2,1H3/t6-/m0/s1. The van der Waals surface area contributed by atoms with Gasteiger partial charge >= 0.3 is 6.18 Å². The molecule has 0 fully saturated rings. The van der Waals surface area contributed by atoms with Crippen molar-refractivity contribution >= 4 is 11.6 Å². The molecular weight excluding hydrogens is 229 g/mol. The Morgan fingerprint density at radius 1 is 1.33 bits per heavy atom. The molecule has 0 radical (unpaired) electrons. The van der Waals surface area contributed by atoms with Gasteiger partial charge in [0.25, 0.3) is 0 Å². The molecule has 0 amide bonds. The fourth-order valence-electron chi connectivity index (χ4n) is 1.27. The summed E-state index contributed by atoms with van der Waals surface area (Å²) < 4.78 is 37.1. The molecule has 1 atom stereocenters. The Kier molecular flexibility index (Phi) is 3.62. The average molecular weight is 239 g/mol. The van der Waals surface area contributed by atoms with Crippen LogP contribution < -0.4 is 0 Å². The molecule has 0 unspecified atom stereocenters. The van der Waals surface area contributed by atoms with E-state index in [0.29, 0.717) is 5.56 Å². The average Bonchev–Trinajstić information content (AvgIpc) is 1.99. The van der Waals surface area contributed by atoms with Gasteiger partial charge in [-0.25, -0.2) is 0 Å². The van der Waals surface area contributed by atoms with E-state index in [9.17, 15) is 13.2 Å². The zero-order valence-electron chi connectivity index (χ0n) is 7.98. The van der Waals surface area contributed by atoms with Gasteiger partial charge in [0.15, 0.2) is 0 Å². The van der Waals surface area contributed by atoms with Crippen molar-refractivity contribution in [1.29, 1.82) is 0 Å². The summed E-state index contributed by atoms with van der Waals surface area (Å²) in [7, 11) is 0. The van der Waals surface area contributed by atoms with Gasteiger partial charge in [0, 0.05) is 5.02 Å². The summed E-state index contributed by atoms with van der Waals surface area (Å²) >= 11 is 5.56. The maximum Gasteiger partial charge on any atom is 0.416 e. The SMILES string of the molecule is C[C@H](O)Cc1cc(Cl)cc(C(F)(F)F)c1. The first kappa shape index (κ1) is 12.3. The number of rotatable bonds is 2. The van der Waals surface area contributed by atoms with E-state index in [1.54, 1.807) is 0 Å². The minimum Gasteiger partial charge on any atom is -0.393 e. The third-order valence-corrected chi connectivity index (χ3v) is 2.03. The third kappa shape index (κ3) is 3.72. The van der Waals surface area contributed by atoms with Crippen LogP contribution in [0, 0.1) is 0 Å². The number of benzene rings is 1. The van der Waals surface area contributed by atoms with E-state index in [1.165, 1.54) is 13.0 Å². The van der Waals surface area contributed by atoms with Gasteiger partial charge in [-0.3, -0.25) is 0 Å². The van der Waals surface area contributed by atoms with Crippen LogP contribution in [0.2, 0.25) is 5.02 Å². The highest BCUT2D eigenvalue weighted by Gasteiger charge is 2.31. The Morgan fingerprint density at radius 2 is 1.93 bits per heavy atom. The van der Waals surface area contributed by atoms with Crippen LogP contribution in [0.15, 0.2) is 18.2 Å².